The van der Waals surface area contributed by atoms with Crippen LogP contribution in [0.15, 0.2) is 30.3 Å². The topological polar surface area (TPSA) is 9.23 Å². The average molecular weight is 501 g/mol. The van der Waals surface area contributed by atoms with Crippen molar-refractivity contribution in [2.24, 2.45) is 5.92 Å². The van der Waals surface area contributed by atoms with E-state index in [1.54, 1.807) is 24.3 Å². The normalized spacial score (nSPS) is 20.5. The zero-order chi connectivity index (χ0) is 25.5. The van der Waals surface area contributed by atoms with Crippen molar-refractivity contribution in [1.82, 2.24) is 0 Å². The van der Waals surface area contributed by atoms with Crippen LogP contribution in [-0.4, -0.2) is 0 Å². The number of aryl methyl sites for hydroxylation is 1. The number of hydrogen-bond donors (Lipinski definition) is 0. The van der Waals surface area contributed by atoms with Crippen LogP contribution in [0.25, 0.3) is 11.1 Å². The second-order valence-electron chi connectivity index (χ2n) is 11.1. The predicted molar refractivity (Wildman–Crippen MR) is 142 cm³/mol. The third-order valence-corrected chi connectivity index (χ3v) is 8.39. The molecule has 4 heteroatoms. The van der Waals surface area contributed by atoms with Crippen LogP contribution in [-0.2, 0) is 12.5 Å². The summed E-state index contributed by atoms with van der Waals surface area (Å²) >= 11 is 0. The molecule has 1 saturated carbocycles. The second kappa shape index (κ2) is 12.5. The van der Waals surface area contributed by atoms with E-state index in [0.717, 1.165) is 50.0 Å². The van der Waals surface area contributed by atoms with Gasteiger partial charge >= 0.3 is 6.11 Å². The van der Waals surface area contributed by atoms with Crippen molar-refractivity contribution in [3.05, 3.63) is 52.8 Å². The maximum absolute atomic E-state index is 15.2. The lowest BCUT2D eigenvalue weighted by molar-refractivity contribution is -0.188. The molecule has 0 atom stereocenters. The molecule has 2 aliphatic rings. The number of hydrogen-bond acceptors (Lipinski definition) is 1. The fourth-order valence-corrected chi connectivity index (χ4v) is 6.14. The third-order valence-electron chi connectivity index (χ3n) is 8.39. The van der Waals surface area contributed by atoms with E-state index < -0.39 is 11.9 Å². The van der Waals surface area contributed by atoms with Crippen molar-refractivity contribution >= 4 is 0 Å². The van der Waals surface area contributed by atoms with Gasteiger partial charge in [-0.1, -0.05) is 95.9 Å². The average Bonchev–Trinajstić information content (AvgIpc) is 2.88. The number of benzene rings is 2. The van der Waals surface area contributed by atoms with Crippen LogP contribution in [0.1, 0.15) is 126 Å². The van der Waals surface area contributed by atoms with Gasteiger partial charge in [-0.25, -0.2) is 4.39 Å². The Labute approximate surface area is 215 Å². The van der Waals surface area contributed by atoms with Gasteiger partial charge in [-0.2, -0.15) is 8.78 Å². The van der Waals surface area contributed by atoms with Crippen molar-refractivity contribution in [2.45, 2.75) is 122 Å². The summed E-state index contributed by atoms with van der Waals surface area (Å²) in [5.74, 6) is 0.159. The Morgan fingerprint density at radius 3 is 2.19 bits per heavy atom. The van der Waals surface area contributed by atoms with Crippen LogP contribution in [0.2, 0.25) is 0 Å². The lowest BCUT2D eigenvalue weighted by Gasteiger charge is -2.32. The first-order valence-electron chi connectivity index (χ1n) is 14.5. The summed E-state index contributed by atoms with van der Waals surface area (Å²) in [5.41, 5.74) is 2.14. The van der Waals surface area contributed by atoms with Gasteiger partial charge in [-0.15, -0.1) is 0 Å². The van der Waals surface area contributed by atoms with Gasteiger partial charge in [0.25, 0.3) is 0 Å². The molecule has 0 unspecified atom stereocenters. The van der Waals surface area contributed by atoms with Gasteiger partial charge in [-0.3, -0.25) is 0 Å². The van der Waals surface area contributed by atoms with Crippen LogP contribution < -0.4 is 4.74 Å². The van der Waals surface area contributed by atoms with Crippen LogP contribution in [0.5, 0.6) is 5.75 Å². The zero-order valence-corrected chi connectivity index (χ0v) is 22.2. The lowest BCUT2D eigenvalue weighted by atomic mass is 9.76. The summed E-state index contributed by atoms with van der Waals surface area (Å²) < 4.78 is 50.7. The number of ether oxygens (including phenoxy) is 1. The Morgan fingerprint density at radius 1 is 0.806 bits per heavy atom. The largest absolute Gasteiger partial charge is 0.427 e. The molecule has 1 aliphatic carbocycles. The Bertz CT molecular complexity index is 991. The van der Waals surface area contributed by atoms with Crippen molar-refractivity contribution in [1.29, 1.82) is 0 Å². The summed E-state index contributed by atoms with van der Waals surface area (Å²) in [5, 5.41) is 0. The summed E-state index contributed by atoms with van der Waals surface area (Å²) in [6, 6.07) is 8.89. The molecule has 36 heavy (non-hydrogen) atoms. The van der Waals surface area contributed by atoms with Crippen LogP contribution in [0, 0.1) is 11.7 Å². The molecule has 1 heterocycles. The number of fused-ring (bicyclic) bond motifs is 3. The van der Waals surface area contributed by atoms with Gasteiger partial charge in [0, 0.05) is 5.56 Å². The summed E-state index contributed by atoms with van der Waals surface area (Å²) in [7, 11) is 0. The molecular weight excluding hydrogens is 457 g/mol. The Balaban J connectivity index is 1.46. The number of rotatable bonds is 12. The van der Waals surface area contributed by atoms with Gasteiger partial charge in [0.05, 0.1) is 5.56 Å². The number of unbranched alkanes of at least 4 members (excludes halogenated alkanes) is 7. The lowest BCUT2D eigenvalue weighted by Crippen LogP contribution is -2.28. The molecule has 0 saturated heterocycles. The van der Waals surface area contributed by atoms with E-state index in [2.05, 4.69) is 13.8 Å². The molecule has 198 valence electrons. The highest BCUT2D eigenvalue weighted by atomic mass is 19.3. The number of alkyl halides is 2. The summed E-state index contributed by atoms with van der Waals surface area (Å²) in [6.07, 6.45) is 13.3. The number of halogens is 3. The van der Waals surface area contributed by atoms with E-state index in [1.165, 1.54) is 51.4 Å². The molecule has 4 rings (SSSR count). The second-order valence-corrected chi connectivity index (χ2v) is 11.1. The standard InChI is InChI=1S/C32H43F3O/c1-3-5-7-9-11-13-25-18-21-28-27-20-19-26(22-29(27)32(34,35)36-31(28)30(25)33)24-16-14-23(15-17-24)12-10-8-6-4-2/h18-24H,3-17H2,1-2H3. The minimum absolute atomic E-state index is 0.124. The van der Waals surface area contributed by atoms with E-state index in [4.69, 9.17) is 4.74 Å². The molecule has 1 fully saturated rings. The van der Waals surface area contributed by atoms with Crippen molar-refractivity contribution in [2.75, 3.05) is 0 Å². The van der Waals surface area contributed by atoms with E-state index in [0.29, 0.717) is 29.0 Å². The van der Waals surface area contributed by atoms with E-state index >= 15 is 13.2 Å². The molecule has 2 aromatic carbocycles. The fourth-order valence-electron chi connectivity index (χ4n) is 6.14. The van der Waals surface area contributed by atoms with Gasteiger partial charge in [0.15, 0.2) is 11.6 Å². The van der Waals surface area contributed by atoms with Crippen LogP contribution >= 0.6 is 0 Å². The highest BCUT2D eigenvalue weighted by molar-refractivity contribution is 5.77. The highest BCUT2D eigenvalue weighted by Gasteiger charge is 2.44. The molecule has 1 nitrogen and oxygen atoms in total. The van der Waals surface area contributed by atoms with Gasteiger partial charge in [0.2, 0.25) is 0 Å². The Morgan fingerprint density at radius 2 is 1.47 bits per heavy atom. The first kappa shape index (κ1) is 27.1. The first-order chi connectivity index (χ1) is 17.4. The predicted octanol–water partition coefficient (Wildman–Crippen LogP) is 10.7. The molecule has 0 N–H and O–H groups in total. The van der Waals surface area contributed by atoms with E-state index in [-0.39, 0.29) is 11.3 Å². The van der Waals surface area contributed by atoms with E-state index in [1.807, 2.05) is 6.07 Å². The highest BCUT2D eigenvalue weighted by Crippen LogP contribution is 2.50. The minimum atomic E-state index is -3.53. The zero-order valence-electron chi connectivity index (χ0n) is 22.2. The molecule has 0 spiro atoms. The molecule has 0 aromatic heterocycles. The molecule has 2 aromatic rings. The third kappa shape index (κ3) is 6.29. The molecule has 0 bridgehead atoms. The van der Waals surface area contributed by atoms with Gasteiger partial charge < -0.3 is 4.74 Å². The molecular formula is C32H43F3O. The smallest absolute Gasteiger partial charge is 0.425 e. The Kier molecular flexibility index (Phi) is 9.41. The van der Waals surface area contributed by atoms with Gasteiger partial charge in [0.1, 0.15) is 0 Å². The monoisotopic (exact) mass is 500 g/mol. The van der Waals surface area contributed by atoms with Crippen molar-refractivity contribution in [3.63, 3.8) is 0 Å². The Hall–Kier alpha value is -1.97. The quantitative estimate of drug-likeness (QED) is 0.263. The van der Waals surface area contributed by atoms with Crippen LogP contribution in [0.4, 0.5) is 13.2 Å². The maximum atomic E-state index is 15.2. The summed E-state index contributed by atoms with van der Waals surface area (Å²) in [4.78, 5) is 0. The van der Waals surface area contributed by atoms with Crippen LogP contribution in [0.3, 0.4) is 0 Å². The minimum Gasteiger partial charge on any atom is -0.425 e. The molecule has 0 amide bonds. The van der Waals surface area contributed by atoms with Crippen molar-refractivity contribution < 1.29 is 17.9 Å². The SMILES string of the molecule is CCCCCCCc1ccc2c(c1F)OC(F)(F)c1cc(C3CCC(CCCCCC)CC3)ccc1-2. The van der Waals surface area contributed by atoms with Gasteiger partial charge in [-0.05, 0) is 73.1 Å². The molecule has 1 aliphatic heterocycles. The van der Waals surface area contributed by atoms with E-state index in [9.17, 15) is 0 Å². The van der Waals surface area contributed by atoms with Crippen molar-refractivity contribution in [3.8, 4) is 16.9 Å². The molecule has 0 radical (unpaired) electrons. The maximum Gasteiger partial charge on any atom is 0.427 e. The first-order valence-corrected chi connectivity index (χ1v) is 14.5. The fraction of sp³-hybridized carbons (Fsp3) is 0.625. The summed E-state index contributed by atoms with van der Waals surface area (Å²) in [6.45, 7) is 4.39.